The first kappa shape index (κ1) is 18.1. The van der Waals surface area contributed by atoms with Crippen molar-refractivity contribution in [1.29, 1.82) is 0 Å². The van der Waals surface area contributed by atoms with Gasteiger partial charge in [0.2, 0.25) is 11.8 Å². The summed E-state index contributed by atoms with van der Waals surface area (Å²) in [5.41, 5.74) is -0.342. The molecular weight excluding hydrogens is 280 g/mol. The van der Waals surface area contributed by atoms with Crippen LogP contribution in [-0.4, -0.2) is 48.9 Å². The molecule has 0 saturated carbocycles. The molecule has 0 bridgehead atoms. The minimum atomic E-state index is -1.10. The Hall–Kier alpha value is -1.95. The van der Waals surface area contributed by atoms with E-state index in [0.717, 1.165) is 18.7 Å². The Labute approximate surface area is 132 Å². The summed E-state index contributed by atoms with van der Waals surface area (Å²) in [5.74, 6) is -0.562. The van der Waals surface area contributed by atoms with E-state index in [9.17, 15) is 9.59 Å². The second kappa shape index (κ2) is 8.48. The van der Waals surface area contributed by atoms with Crippen LogP contribution in [0.1, 0.15) is 26.0 Å². The summed E-state index contributed by atoms with van der Waals surface area (Å²) in [4.78, 5) is 30.6. The van der Waals surface area contributed by atoms with Crippen molar-refractivity contribution in [3.05, 3.63) is 30.1 Å². The van der Waals surface area contributed by atoms with Crippen LogP contribution >= 0.6 is 0 Å². The fraction of sp³-hybridized carbons (Fsp3) is 0.562. The SMILES string of the molecule is CN(C)CCCNC(=O)C(C)(C)C(=O)NCc1ccccn1. The molecule has 0 aromatic carbocycles. The fourth-order valence-corrected chi connectivity index (χ4v) is 1.82. The van der Waals surface area contributed by atoms with Crippen molar-refractivity contribution in [2.24, 2.45) is 5.41 Å². The number of nitrogens with zero attached hydrogens (tertiary/aromatic N) is 2. The van der Waals surface area contributed by atoms with Gasteiger partial charge in [0.1, 0.15) is 5.41 Å². The van der Waals surface area contributed by atoms with E-state index in [1.807, 2.05) is 32.3 Å². The van der Waals surface area contributed by atoms with Gasteiger partial charge in [-0.2, -0.15) is 0 Å². The molecule has 0 aliphatic heterocycles. The zero-order valence-electron chi connectivity index (χ0n) is 13.8. The fourth-order valence-electron chi connectivity index (χ4n) is 1.82. The number of carbonyl (C=O) groups is 2. The highest BCUT2D eigenvalue weighted by Gasteiger charge is 2.35. The van der Waals surface area contributed by atoms with E-state index in [2.05, 4.69) is 20.5 Å². The molecule has 1 heterocycles. The maximum atomic E-state index is 12.2. The monoisotopic (exact) mass is 306 g/mol. The summed E-state index contributed by atoms with van der Waals surface area (Å²) < 4.78 is 0. The van der Waals surface area contributed by atoms with E-state index in [1.165, 1.54) is 0 Å². The van der Waals surface area contributed by atoms with E-state index >= 15 is 0 Å². The van der Waals surface area contributed by atoms with Gasteiger partial charge in [0.25, 0.3) is 0 Å². The molecule has 0 fully saturated rings. The molecule has 0 aliphatic rings. The Morgan fingerprint density at radius 3 is 2.45 bits per heavy atom. The van der Waals surface area contributed by atoms with Gasteiger partial charge in [-0.15, -0.1) is 0 Å². The quantitative estimate of drug-likeness (QED) is 0.550. The van der Waals surface area contributed by atoms with E-state index in [4.69, 9.17) is 0 Å². The molecule has 0 radical (unpaired) electrons. The third-order valence-corrected chi connectivity index (χ3v) is 3.36. The normalized spacial score (nSPS) is 11.3. The van der Waals surface area contributed by atoms with Crippen LogP contribution in [0.4, 0.5) is 0 Å². The van der Waals surface area contributed by atoms with Gasteiger partial charge in [-0.3, -0.25) is 14.6 Å². The summed E-state index contributed by atoms with van der Waals surface area (Å²) in [6.07, 6.45) is 2.52. The summed E-state index contributed by atoms with van der Waals surface area (Å²) in [7, 11) is 3.97. The lowest BCUT2D eigenvalue weighted by Gasteiger charge is -2.23. The van der Waals surface area contributed by atoms with Gasteiger partial charge in [-0.1, -0.05) is 6.07 Å². The number of hydrogen-bond acceptors (Lipinski definition) is 4. The summed E-state index contributed by atoms with van der Waals surface area (Å²) in [5, 5.41) is 5.57. The van der Waals surface area contributed by atoms with Crippen LogP contribution in [0.2, 0.25) is 0 Å². The third kappa shape index (κ3) is 5.81. The molecular formula is C16H26N4O2. The Kier molecular flexibility index (Phi) is 6.98. The third-order valence-electron chi connectivity index (χ3n) is 3.36. The molecule has 0 unspecified atom stereocenters. The first-order chi connectivity index (χ1) is 10.3. The lowest BCUT2D eigenvalue weighted by molar-refractivity contribution is -0.141. The lowest BCUT2D eigenvalue weighted by Crippen LogP contribution is -2.48. The molecule has 22 heavy (non-hydrogen) atoms. The zero-order valence-corrected chi connectivity index (χ0v) is 13.8. The van der Waals surface area contributed by atoms with Gasteiger partial charge in [-0.05, 0) is 53.0 Å². The Balaban J connectivity index is 2.42. The van der Waals surface area contributed by atoms with Crippen molar-refractivity contribution in [2.75, 3.05) is 27.2 Å². The predicted octanol–water partition coefficient (Wildman–Crippen LogP) is 0.792. The van der Waals surface area contributed by atoms with Gasteiger partial charge in [0.05, 0.1) is 12.2 Å². The largest absolute Gasteiger partial charge is 0.355 e. The van der Waals surface area contributed by atoms with E-state index < -0.39 is 5.41 Å². The molecule has 6 heteroatoms. The first-order valence-electron chi connectivity index (χ1n) is 7.45. The van der Waals surface area contributed by atoms with Crippen molar-refractivity contribution in [2.45, 2.75) is 26.8 Å². The van der Waals surface area contributed by atoms with E-state index in [0.29, 0.717) is 13.1 Å². The van der Waals surface area contributed by atoms with Crippen LogP contribution in [0, 0.1) is 5.41 Å². The molecule has 0 spiro atoms. The maximum Gasteiger partial charge on any atom is 0.235 e. The minimum Gasteiger partial charge on any atom is -0.355 e. The number of amides is 2. The average Bonchev–Trinajstić information content (AvgIpc) is 2.49. The second-order valence-electron chi connectivity index (χ2n) is 6.04. The van der Waals surface area contributed by atoms with Crippen LogP contribution in [0.5, 0.6) is 0 Å². The molecule has 2 N–H and O–H groups in total. The molecule has 0 aliphatic carbocycles. The molecule has 122 valence electrons. The smallest absolute Gasteiger partial charge is 0.235 e. The van der Waals surface area contributed by atoms with Gasteiger partial charge in [0.15, 0.2) is 0 Å². The number of rotatable bonds is 8. The highest BCUT2D eigenvalue weighted by atomic mass is 16.2. The molecule has 0 saturated heterocycles. The van der Waals surface area contributed by atoms with E-state index in [1.54, 1.807) is 20.0 Å². The lowest BCUT2D eigenvalue weighted by atomic mass is 9.91. The molecule has 1 aromatic rings. The first-order valence-corrected chi connectivity index (χ1v) is 7.45. The Bertz CT molecular complexity index is 486. The Morgan fingerprint density at radius 1 is 1.18 bits per heavy atom. The van der Waals surface area contributed by atoms with Crippen LogP contribution in [0.3, 0.4) is 0 Å². The second-order valence-corrected chi connectivity index (χ2v) is 6.04. The van der Waals surface area contributed by atoms with Crippen LogP contribution in [-0.2, 0) is 16.1 Å². The molecule has 0 atom stereocenters. The van der Waals surface area contributed by atoms with Crippen LogP contribution < -0.4 is 10.6 Å². The molecule has 1 rings (SSSR count). The summed E-state index contributed by atoms with van der Waals surface area (Å²) >= 11 is 0. The van der Waals surface area contributed by atoms with Crippen LogP contribution in [0.15, 0.2) is 24.4 Å². The number of aromatic nitrogens is 1. The standard InChI is InChI=1S/C16H26N4O2/c1-16(2,14(21)18-10-7-11-20(3)4)15(22)19-12-13-8-5-6-9-17-13/h5-6,8-9H,7,10-12H2,1-4H3,(H,18,21)(H,19,22). The maximum absolute atomic E-state index is 12.2. The Morgan fingerprint density at radius 2 is 1.86 bits per heavy atom. The van der Waals surface area contributed by atoms with Crippen molar-refractivity contribution in [3.63, 3.8) is 0 Å². The zero-order chi connectivity index (χ0) is 16.6. The minimum absolute atomic E-state index is 0.259. The highest BCUT2D eigenvalue weighted by molar-refractivity contribution is 6.04. The molecule has 2 amide bonds. The average molecular weight is 306 g/mol. The number of nitrogens with one attached hydrogen (secondary N) is 2. The predicted molar refractivity (Wildman–Crippen MR) is 86.0 cm³/mol. The van der Waals surface area contributed by atoms with Crippen molar-refractivity contribution in [3.8, 4) is 0 Å². The molecule has 1 aromatic heterocycles. The van der Waals surface area contributed by atoms with Gasteiger partial charge >= 0.3 is 0 Å². The number of pyridine rings is 1. The van der Waals surface area contributed by atoms with Gasteiger partial charge < -0.3 is 15.5 Å². The number of hydrogen-bond donors (Lipinski definition) is 2. The number of carbonyl (C=O) groups excluding carboxylic acids is 2. The van der Waals surface area contributed by atoms with Crippen LogP contribution in [0.25, 0.3) is 0 Å². The van der Waals surface area contributed by atoms with E-state index in [-0.39, 0.29) is 11.8 Å². The topological polar surface area (TPSA) is 74.3 Å². The summed E-state index contributed by atoms with van der Waals surface area (Å²) in [6.45, 7) is 5.03. The molecule has 6 nitrogen and oxygen atoms in total. The van der Waals surface area contributed by atoms with Gasteiger partial charge in [0, 0.05) is 12.7 Å². The van der Waals surface area contributed by atoms with Crippen molar-refractivity contribution < 1.29 is 9.59 Å². The summed E-state index contributed by atoms with van der Waals surface area (Å²) in [6, 6.07) is 5.50. The van der Waals surface area contributed by atoms with Crippen molar-refractivity contribution >= 4 is 11.8 Å². The van der Waals surface area contributed by atoms with Crippen molar-refractivity contribution in [1.82, 2.24) is 20.5 Å². The van der Waals surface area contributed by atoms with Gasteiger partial charge in [-0.25, -0.2) is 0 Å². The highest BCUT2D eigenvalue weighted by Crippen LogP contribution is 2.15.